The highest BCUT2D eigenvalue weighted by Gasteiger charge is 2.11. The van der Waals surface area contributed by atoms with Crippen molar-refractivity contribution in [1.82, 2.24) is 4.98 Å². The van der Waals surface area contributed by atoms with Crippen molar-refractivity contribution < 1.29 is 14.3 Å². The number of hydrogen-bond acceptors (Lipinski definition) is 4. The maximum Gasteiger partial charge on any atom is 0.354 e. The monoisotopic (exact) mass is 285 g/mol. The lowest BCUT2D eigenvalue weighted by atomic mass is 10.1. The first-order chi connectivity index (χ1) is 9.74. The summed E-state index contributed by atoms with van der Waals surface area (Å²) in [6.45, 7) is 0. The second-order valence-electron chi connectivity index (χ2n) is 4.21. The molecule has 20 heavy (non-hydrogen) atoms. The van der Waals surface area contributed by atoms with Crippen molar-refractivity contribution in [3.63, 3.8) is 0 Å². The Balaban J connectivity index is 2.00. The molecule has 0 bridgehead atoms. The second-order valence-corrected chi connectivity index (χ2v) is 5.17. The molecular formula is C15H11NO3S. The van der Waals surface area contributed by atoms with E-state index in [1.54, 1.807) is 12.3 Å². The molecule has 0 aliphatic rings. The van der Waals surface area contributed by atoms with Crippen molar-refractivity contribution in [2.75, 3.05) is 0 Å². The number of thioether (sulfide) groups is 1. The number of nitrogens with zero attached hydrogens (tertiary/aromatic N) is 1. The molecule has 4 nitrogen and oxygen atoms in total. The summed E-state index contributed by atoms with van der Waals surface area (Å²) in [6, 6.07) is 12.9. The lowest BCUT2D eigenvalue weighted by molar-refractivity contribution is 0.0690. The van der Waals surface area contributed by atoms with E-state index >= 15 is 0 Å². The topological polar surface area (TPSA) is 63.3 Å². The molecule has 0 radical (unpaired) electrons. The van der Waals surface area contributed by atoms with Gasteiger partial charge in [-0.15, -0.1) is 0 Å². The van der Waals surface area contributed by atoms with Gasteiger partial charge in [-0.2, -0.15) is 0 Å². The summed E-state index contributed by atoms with van der Waals surface area (Å²) in [5.74, 6) is 0.435. The van der Waals surface area contributed by atoms with E-state index in [0.717, 1.165) is 16.5 Å². The molecular weight excluding hydrogens is 274 g/mol. The molecule has 0 aliphatic carbocycles. The SMILES string of the molecule is O=C(O)c1cc2ccccc2c(SCc2ccco2)n1. The Bertz CT molecular complexity index is 753. The molecule has 2 aromatic heterocycles. The third-order valence-electron chi connectivity index (χ3n) is 2.86. The van der Waals surface area contributed by atoms with Gasteiger partial charge in [0.25, 0.3) is 0 Å². The van der Waals surface area contributed by atoms with Crippen LogP contribution in [0.25, 0.3) is 10.8 Å². The van der Waals surface area contributed by atoms with E-state index in [2.05, 4.69) is 4.98 Å². The van der Waals surface area contributed by atoms with Gasteiger partial charge in [0.1, 0.15) is 16.5 Å². The number of hydrogen-bond donors (Lipinski definition) is 1. The minimum absolute atomic E-state index is 0.0608. The summed E-state index contributed by atoms with van der Waals surface area (Å²) in [5.41, 5.74) is 0.0608. The van der Waals surface area contributed by atoms with E-state index in [0.29, 0.717) is 10.8 Å². The molecule has 2 heterocycles. The highest BCUT2D eigenvalue weighted by Crippen LogP contribution is 2.29. The van der Waals surface area contributed by atoms with Gasteiger partial charge in [-0.05, 0) is 23.6 Å². The third-order valence-corrected chi connectivity index (χ3v) is 3.87. The standard InChI is InChI=1S/C15H11NO3S/c17-15(18)13-8-10-4-1-2-6-12(10)14(16-13)20-9-11-5-3-7-19-11/h1-8H,9H2,(H,17,18). The molecule has 0 spiro atoms. The molecule has 0 saturated heterocycles. The zero-order valence-corrected chi connectivity index (χ0v) is 11.3. The molecule has 3 aromatic rings. The van der Waals surface area contributed by atoms with E-state index in [1.807, 2.05) is 36.4 Å². The van der Waals surface area contributed by atoms with Crippen LogP contribution in [0.15, 0.2) is 58.2 Å². The molecule has 0 amide bonds. The normalized spacial score (nSPS) is 10.8. The molecule has 5 heteroatoms. The Hall–Kier alpha value is -2.27. The van der Waals surface area contributed by atoms with Crippen molar-refractivity contribution in [3.05, 3.63) is 60.2 Å². The van der Waals surface area contributed by atoms with Gasteiger partial charge in [0.05, 0.1) is 12.0 Å². The zero-order chi connectivity index (χ0) is 13.9. The van der Waals surface area contributed by atoms with E-state index in [1.165, 1.54) is 11.8 Å². The van der Waals surface area contributed by atoms with Gasteiger partial charge in [-0.3, -0.25) is 0 Å². The van der Waals surface area contributed by atoms with Crippen LogP contribution in [0, 0.1) is 0 Å². The van der Waals surface area contributed by atoms with E-state index in [4.69, 9.17) is 9.52 Å². The van der Waals surface area contributed by atoms with E-state index in [-0.39, 0.29) is 5.69 Å². The molecule has 1 aromatic carbocycles. The van der Waals surface area contributed by atoms with Gasteiger partial charge >= 0.3 is 5.97 Å². The van der Waals surface area contributed by atoms with Gasteiger partial charge in [0.2, 0.25) is 0 Å². The van der Waals surface area contributed by atoms with Crippen LogP contribution in [0.3, 0.4) is 0 Å². The molecule has 1 N–H and O–H groups in total. The molecule has 0 saturated carbocycles. The van der Waals surface area contributed by atoms with Gasteiger partial charge in [0.15, 0.2) is 0 Å². The van der Waals surface area contributed by atoms with Crippen molar-refractivity contribution in [2.45, 2.75) is 10.8 Å². The van der Waals surface area contributed by atoms with Crippen LogP contribution in [-0.4, -0.2) is 16.1 Å². The highest BCUT2D eigenvalue weighted by molar-refractivity contribution is 7.98. The predicted molar refractivity (Wildman–Crippen MR) is 77.0 cm³/mol. The number of carboxylic acids is 1. The number of aromatic nitrogens is 1. The Labute approximate surface area is 119 Å². The summed E-state index contributed by atoms with van der Waals surface area (Å²) in [4.78, 5) is 15.4. The quantitative estimate of drug-likeness (QED) is 0.738. The minimum Gasteiger partial charge on any atom is -0.477 e. The fraction of sp³-hybridized carbons (Fsp3) is 0.0667. The Kier molecular flexibility index (Phi) is 3.43. The molecule has 0 fully saturated rings. The number of benzene rings is 1. The number of furan rings is 1. The minimum atomic E-state index is -1.02. The van der Waals surface area contributed by atoms with Crippen LogP contribution in [0.4, 0.5) is 0 Å². The molecule has 0 atom stereocenters. The first kappa shape index (κ1) is 12.7. The number of fused-ring (bicyclic) bond motifs is 1. The average molecular weight is 285 g/mol. The van der Waals surface area contributed by atoms with Crippen LogP contribution in [0.5, 0.6) is 0 Å². The lowest BCUT2D eigenvalue weighted by Gasteiger charge is -2.06. The van der Waals surface area contributed by atoms with Crippen molar-refractivity contribution in [1.29, 1.82) is 0 Å². The van der Waals surface area contributed by atoms with E-state index < -0.39 is 5.97 Å². The summed E-state index contributed by atoms with van der Waals surface area (Å²) >= 11 is 1.47. The predicted octanol–water partition coefficient (Wildman–Crippen LogP) is 3.82. The fourth-order valence-electron chi connectivity index (χ4n) is 1.92. The zero-order valence-electron chi connectivity index (χ0n) is 10.4. The smallest absolute Gasteiger partial charge is 0.354 e. The van der Waals surface area contributed by atoms with Crippen LogP contribution < -0.4 is 0 Å². The summed E-state index contributed by atoms with van der Waals surface area (Å²) in [7, 11) is 0. The summed E-state index contributed by atoms with van der Waals surface area (Å²) < 4.78 is 5.28. The number of carboxylic acid groups (broad SMARTS) is 1. The molecule has 0 unspecified atom stereocenters. The van der Waals surface area contributed by atoms with Crippen LogP contribution in [0.1, 0.15) is 16.2 Å². The van der Waals surface area contributed by atoms with Gasteiger partial charge in [0, 0.05) is 5.39 Å². The van der Waals surface area contributed by atoms with Gasteiger partial charge < -0.3 is 9.52 Å². The number of aromatic carboxylic acids is 1. The van der Waals surface area contributed by atoms with Gasteiger partial charge in [-0.1, -0.05) is 36.0 Å². The summed E-state index contributed by atoms with van der Waals surface area (Å²) in [6.07, 6.45) is 1.62. The summed E-state index contributed by atoms with van der Waals surface area (Å²) in [5, 5.41) is 11.7. The highest BCUT2D eigenvalue weighted by atomic mass is 32.2. The largest absolute Gasteiger partial charge is 0.477 e. The number of rotatable bonds is 4. The second kappa shape index (κ2) is 5.38. The Morgan fingerprint density at radius 1 is 1.25 bits per heavy atom. The van der Waals surface area contributed by atoms with Gasteiger partial charge in [-0.25, -0.2) is 9.78 Å². The lowest BCUT2D eigenvalue weighted by Crippen LogP contribution is -2.01. The third kappa shape index (κ3) is 2.53. The molecule has 3 rings (SSSR count). The molecule has 0 aliphatic heterocycles. The average Bonchev–Trinajstić information content (AvgIpc) is 2.97. The maximum absolute atomic E-state index is 11.1. The number of carbonyl (C=O) groups is 1. The maximum atomic E-state index is 11.1. The van der Waals surface area contributed by atoms with Crippen LogP contribution in [-0.2, 0) is 5.75 Å². The van der Waals surface area contributed by atoms with Crippen molar-refractivity contribution in [3.8, 4) is 0 Å². The van der Waals surface area contributed by atoms with Crippen LogP contribution >= 0.6 is 11.8 Å². The Morgan fingerprint density at radius 2 is 2.10 bits per heavy atom. The first-order valence-corrected chi connectivity index (χ1v) is 7.01. The Morgan fingerprint density at radius 3 is 2.85 bits per heavy atom. The first-order valence-electron chi connectivity index (χ1n) is 6.02. The van der Waals surface area contributed by atoms with Crippen molar-refractivity contribution >= 4 is 28.5 Å². The fourth-order valence-corrected chi connectivity index (χ4v) is 2.87. The van der Waals surface area contributed by atoms with Crippen LogP contribution in [0.2, 0.25) is 0 Å². The van der Waals surface area contributed by atoms with Crippen molar-refractivity contribution in [2.24, 2.45) is 0 Å². The molecule has 100 valence electrons. The van der Waals surface area contributed by atoms with E-state index in [9.17, 15) is 4.79 Å². The number of pyridine rings is 1.